The first kappa shape index (κ1) is 22.1. The van der Waals surface area contributed by atoms with Crippen molar-refractivity contribution in [2.75, 3.05) is 33.3 Å². The van der Waals surface area contributed by atoms with Gasteiger partial charge in [0.2, 0.25) is 11.8 Å². The van der Waals surface area contributed by atoms with Crippen molar-refractivity contribution in [1.29, 1.82) is 0 Å². The number of nitrogens with one attached hydrogen (secondary N) is 1. The summed E-state index contributed by atoms with van der Waals surface area (Å²) in [5, 5.41) is 3.08. The Morgan fingerprint density at radius 1 is 1.16 bits per heavy atom. The topological polar surface area (TPSA) is 61.9 Å². The second-order valence-electron chi connectivity index (χ2n) is 9.45. The van der Waals surface area contributed by atoms with Crippen molar-refractivity contribution in [2.24, 2.45) is 5.92 Å². The molecule has 0 spiro atoms. The van der Waals surface area contributed by atoms with E-state index in [9.17, 15) is 9.59 Å². The van der Waals surface area contributed by atoms with Gasteiger partial charge in [0, 0.05) is 43.6 Å². The van der Waals surface area contributed by atoms with Gasteiger partial charge in [0.05, 0.1) is 6.54 Å². The van der Waals surface area contributed by atoms with Crippen molar-refractivity contribution in [2.45, 2.75) is 70.4 Å². The largest absolute Gasteiger partial charge is 0.491 e. The lowest BCUT2D eigenvalue weighted by Gasteiger charge is -2.31. The Labute approximate surface area is 186 Å². The number of aryl methyl sites for hydroxylation is 1. The molecule has 0 bridgehead atoms. The van der Waals surface area contributed by atoms with Crippen LogP contribution in [0.1, 0.15) is 62.5 Å². The van der Waals surface area contributed by atoms with Gasteiger partial charge < -0.3 is 19.9 Å². The van der Waals surface area contributed by atoms with Gasteiger partial charge in [-0.2, -0.15) is 0 Å². The van der Waals surface area contributed by atoms with Crippen LogP contribution in [0.2, 0.25) is 0 Å². The molecule has 0 aromatic heterocycles. The predicted molar refractivity (Wildman–Crippen MR) is 121 cm³/mol. The number of ether oxygens (including phenoxy) is 1. The van der Waals surface area contributed by atoms with E-state index in [1.807, 2.05) is 17.0 Å². The van der Waals surface area contributed by atoms with Crippen molar-refractivity contribution in [3.63, 3.8) is 0 Å². The first-order valence-electron chi connectivity index (χ1n) is 12.1. The van der Waals surface area contributed by atoms with Crippen LogP contribution in [0.25, 0.3) is 0 Å². The molecule has 0 saturated heterocycles. The highest BCUT2D eigenvalue weighted by Crippen LogP contribution is 2.33. The highest BCUT2D eigenvalue weighted by atomic mass is 16.5. The minimum Gasteiger partial charge on any atom is -0.491 e. The summed E-state index contributed by atoms with van der Waals surface area (Å²) in [5.74, 6) is 1.46. The highest BCUT2D eigenvalue weighted by molar-refractivity contribution is 5.81. The Bertz CT molecular complexity index is 771. The monoisotopic (exact) mass is 427 g/mol. The lowest BCUT2D eigenvalue weighted by molar-refractivity contribution is -0.133. The van der Waals surface area contributed by atoms with Crippen molar-refractivity contribution >= 4 is 11.8 Å². The fourth-order valence-corrected chi connectivity index (χ4v) is 4.80. The van der Waals surface area contributed by atoms with E-state index in [-0.39, 0.29) is 17.7 Å². The molecule has 1 N–H and O–H groups in total. The van der Waals surface area contributed by atoms with Crippen molar-refractivity contribution in [3.05, 3.63) is 29.3 Å². The molecule has 6 heteroatoms. The van der Waals surface area contributed by atoms with E-state index in [4.69, 9.17) is 4.74 Å². The van der Waals surface area contributed by atoms with Crippen molar-refractivity contribution in [3.8, 4) is 5.75 Å². The zero-order valence-corrected chi connectivity index (χ0v) is 18.9. The SMILES string of the molecule is CN(CCNC(=O)CCc1ccc2c(c1)CN(C(=O)C1CC1)CCO2)C1CCCCC1. The number of nitrogens with zero attached hydrogens (tertiary/aromatic N) is 2. The van der Waals surface area contributed by atoms with E-state index >= 15 is 0 Å². The molecule has 1 aliphatic heterocycles. The van der Waals surface area contributed by atoms with E-state index in [1.165, 1.54) is 32.1 Å². The summed E-state index contributed by atoms with van der Waals surface area (Å²) in [4.78, 5) is 29.2. The summed E-state index contributed by atoms with van der Waals surface area (Å²) in [7, 11) is 2.18. The maximum Gasteiger partial charge on any atom is 0.226 e. The van der Waals surface area contributed by atoms with Gasteiger partial charge in [0.25, 0.3) is 0 Å². The third kappa shape index (κ3) is 6.22. The Balaban J connectivity index is 1.22. The van der Waals surface area contributed by atoms with E-state index in [1.54, 1.807) is 0 Å². The quantitative estimate of drug-likeness (QED) is 0.692. The molecule has 2 fully saturated rings. The highest BCUT2D eigenvalue weighted by Gasteiger charge is 2.34. The molecule has 0 radical (unpaired) electrons. The fourth-order valence-electron chi connectivity index (χ4n) is 4.80. The second-order valence-corrected chi connectivity index (χ2v) is 9.45. The first-order chi connectivity index (χ1) is 15.1. The molecule has 1 aromatic rings. The number of carbonyl (C=O) groups excluding carboxylic acids is 2. The Hall–Kier alpha value is -2.08. The molecule has 170 valence electrons. The van der Waals surface area contributed by atoms with E-state index in [0.717, 1.165) is 36.3 Å². The maximum atomic E-state index is 12.5. The average molecular weight is 428 g/mol. The molecule has 1 heterocycles. The number of likely N-dealkylation sites (N-methyl/N-ethyl adjacent to an activating group) is 1. The summed E-state index contributed by atoms with van der Waals surface area (Å²) in [6, 6.07) is 6.82. The lowest BCUT2D eigenvalue weighted by Crippen LogP contribution is -2.39. The second kappa shape index (κ2) is 10.5. The molecule has 1 aromatic carbocycles. The standard InChI is InChI=1S/C25H37N3O3/c1-27(22-5-3-2-4-6-22)14-13-26-24(29)12-8-19-7-11-23-21(17-19)18-28(15-16-31-23)25(30)20-9-10-20/h7,11,17,20,22H,2-6,8-10,12-16,18H2,1H3,(H,26,29). The minimum absolute atomic E-state index is 0.105. The van der Waals surface area contributed by atoms with Crippen LogP contribution in [-0.4, -0.2) is 60.9 Å². The van der Waals surface area contributed by atoms with Crippen LogP contribution in [0.5, 0.6) is 5.75 Å². The number of hydrogen-bond acceptors (Lipinski definition) is 4. The average Bonchev–Trinajstić information content (AvgIpc) is 3.64. The molecule has 6 nitrogen and oxygen atoms in total. The van der Waals surface area contributed by atoms with Crippen LogP contribution in [0, 0.1) is 5.92 Å². The normalized spacial score (nSPS) is 19.5. The van der Waals surface area contributed by atoms with Gasteiger partial charge in [0.1, 0.15) is 12.4 Å². The molecule has 0 atom stereocenters. The van der Waals surface area contributed by atoms with Crippen LogP contribution in [-0.2, 0) is 22.6 Å². The minimum atomic E-state index is 0.105. The van der Waals surface area contributed by atoms with Gasteiger partial charge in [0.15, 0.2) is 0 Å². The van der Waals surface area contributed by atoms with Crippen molar-refractivity contribution in [1.82, 2.24) is 15.1 Å². The van der Waals surface area contributed by atoms with Crippen LogP contribution >= 0.6 is 0 Å². The van der Waals surface area contributed by atoms with E-state index in [2.05, 4.69) is 23.3 Å². The maximum absolute atomic E-state index is 12.5. The number of carbonyl (C=O) groups is 2. The third-order valence-corrected chi connectivity index (χ3v) is 6.97. The van der Waals surface area contributed by atoms with Crippen LogP contribution in [0.4, 0.5) is 0 Å². The third-order valence-electron chi connectivity index (χ3n) is 6.97. The van der Waals surface area contributed by atoms with E-state index < -0.39 is 0 Å². The van der Waals surface area contributed by atoms with Gasteiger partial charge >= 0.3 is 0 Å². The smallest absolute Gasteiger partial charge is 0.226 e. The van der Waals surface area contributed by atoms with Crippen LogP contribution in [0.15, 0.2) is 18.2 Å². The fraction of sp³-hybridized carbons (Fsp3) is 0.680. The first-order valence-corrected chi connectivity index (χ1v) is 12.1. The van der Waals surface area contributed by atoms with Gasteiger partial charge in [-0.05, 0) is 50.8 Å². The molecular weight excluding hydrogens is 390 g/mol. The zero-order valence-electron chi connectivity index (χ0n) is 18.9. The van der Waals surface area contributed by atoms with Gasteiger partial charge in [-0.3, -0.25) is 9.59 Å². The number of fused-ring (bicyclic) bond motifs is 1. The summed E-state index contributed by atoms with van der Waals surface area (Å²) < 4.78 is 5.86. The number of rotatable bonds is 8. The Kier molecular flexibility index (Phi) is 7.49. The molecule has 31 heavy (non-hydrogen) atoms. The van der Waals surface area contributed by atoms with Gasteiger partial charge in [-0.15, -0.1) is 0 Å². The number of benzene rings is 1. The Morgan fingerprint density at radius 2 is 1.97 bits per heavy atom. The Morgan fingerprint density at radius 3 is 2.74 bits per heavy atom. The summed E-state index contributed by atoms with van der Waals surface area (Å²) in [6.07, 6.45) is 9.84. The number of hydrogen-bond donors (Lipinski definition) is 1. The molecule has 4 rings (SSSR count). The summed E-state index contributed by atoms with van der Waals surface area (Å²) >= 11 is 0. The molecule has 2 amide bonds. The lowest BCUT2D eigenvalue weighted by atomic mass is 9.94. The van der Waals surface area contributed by atoms with Crippen molar-refractivity contribution < 1.29 is 14.3 Å². The molecule has 0 unspecified atom stereocenters. The molecular formula is C25H37N3O3. The van der Waals surface area contributed by atoms with Crippen LogP contribution in [0.3, 0.4) is 0 Å². The molecule has 2 saturated carbocycles. The van der Waals surface area contributed by atoms with E-state index in [0.29, 0.717) is 45.1 Å². The van der Waals surface area contributed by atoms with Gasteiger partial charge in [-0.25, -0.2) is 0 Å². The molecule has 2 aliphatic carbocycles. The summed E-state index contributed by atoms with van der Waals surface area (Å²) in [6.45, 7) is 3.43. The zero-order chi connectivity index (χ0) is 21.6. The summed E-state index contributed by atoms with van der Waals surface area (Å²) in [5.41, 5.74) is 2.18. The number of amides is 2. The molecule has 3 aliphatic rings. The van der Waals surface area contributed by atoms with Crippen LogP contribution < -0.4 is 10.1 Å². The van der Waals surface area contributed by atoms with Gasteiger partial charge in [-0.1, -0.05) is 31.4 Å². The predicted octanol–water partition coefficient (Wildman–Crippen LogP) is 3.13.